The van der Waals surface area contributed by atoms with E-state index < -0.39 is 10.0 Å². The highest BCUT2D eigenvalue weighted by Crippen LogP contribution is 2.17. The van der Waals surface area contributed by atoms with Crippen LogP contribution in [0.5, 0.6) is 0 Å². The van der Waals surface area contributed by atoms with Crippen molar-refractivity contribution in [2.24, 2.45) is 0 Å². The minimum Gasteiger partial charge on any atom is -0.309 e. The van der Waals surface area contributed by atoms with Crippen molar-refractivity contribution >= 4 is 22.4 Å². The first kappa shape index (κ1) is 21.6. The zero-order chi connectivity index (χ0) is 17.7. The van der Waals surface area contributed by atoms with Gasteiger partial charge in [-0.3, -0.25) is 0 Å². The van der Waals surface area contributed by atoms with Crippen molar-refractivity contribution < 1.29 is 8.42 Å². The molecular weight excluding hydrogens is 356 g/mol. The Balaban J connectivity index is 0.00000312. The summed E-state index contributed by atoms with van der Waals surface area (Å²) in [5.74, 6) is 0.00391. The molecule has 0 atom stereocenters. The number of rotatable bonds is 7. The number of hydrogen-bond donors (Lipinski definition) is 2. The second kappa shape index (κ2) is 9.34. The van der Waals surface area contributed by atoms with Crippen LogP contribution in [0.15, 0.2) is 36.4 Å². The fraction of sp³-hybridized carbons (Fsp3) is 0.368. The predicted molar refractivity (Wildman–Crippen MR) is 107 cm³/mol. The Kier molecular flexibility index (Phi) is 8.09. The Morgan fingerprint density at radius 2 is 1.48 bits per heavy atom. The topological polar surface area (TPSA) is 58.2 Å². The molecule has 25 heavy (non-hydrogen) atoms. The molecule has 0 saturated heterocycles. The van der Waals surface area contributed by atoms with E-state index in [2.05, 4.69) is 42.9 Å². The van der Waals surface area contributed by atoms with Crippen LogP contribution in [-0.4, -0.2) is 15.5 Å². The lowest BCUT2D eigenvalue weighted by molar-refractivity contribution is 0.587. The number of aryl methyl sites for hydroxylation is 3. The SMILES string of the molecule is CNS(=O)(=O)Cc1ccccc1CNCc1c(C)cc(C)cc1C.Cl. The highest BCUT2D eigenvalue weighted by Gasteiger charge is 2.12. The number of halogens is 1. The number of hydrogen-bond acceptors (Lipinski definition) is 3. The van der Waals surface area contributed by atoms with Gasteiger partial charge in [0.2, 0.25) is 10.0 Å². The van der Waals surface area contributed by atoms with Gasteiger partial charge >= 0.3 is 0 Å². The van der Waals surface area contributed by atoms with Crippen LogP contribution in [0, 0.1) is 20.8 Å². The Hall–Kier alpha value is -1.40. The summed E-state index contributed by atoms with van der Waals surface area (Å²) in [5, 5.41) is 3.45. The van der Waals surface area contributed by atoms with Gasteiger partial charge in [0.1, 0.15) is 0 Å². The van der Waals surface area contributed by atoms with Crippen molar-refractivity contribution in [3.63, 3.8) is 0 Å². The molecule has 4 nitrogen and oxygen atoms in total. The Morgan fingerprint density at radius 1 is 0.920 bits per heavy atom. The molecular formula is C19H27ClN2O2S. The second-order valence-electron chi connectivity index (χ2n) is 6.21. The summed E-state index contributed by atoms with van der Waals surface area (Å²) in [6.07, 6.45) is 0. The normalized spacial score (nSPS) is 11.2. The second-order valence-corrected chi connectivity index (χ2v) is 8.14. The lowest BCUT2D eigenvalue weighted by Crippen LogP contribution is -2.22. The maximum atomic E-state index is 11.8. The number of benzene rings is 2. The highest BCUT2D eigenvalue weighted by atomic mass is 35.5. The first-order valence-corrected chi connectivity index (χ1v) is 9.73. The summed E-state index contributed by atoms with van der Waals surface area (Å²) in [6, 6.07) is 12.0. The molecule has 0 unspecified atom stereocenters. The molecule has 0 aromatic heterocycles. The molecule has 0 radical (unpaired) electrons. The molecule has 138 valence electrons. The molecule has 0 aliphatic rings. The molecule has 0 fully saturated rings. The average molecular weight is 383 g/mol. The third-order valence-corrected chi connectivity index (χ3v) is 5.55. The summed E-state index contributed by atoms with van der Waals surface area (Å²) in [5.41, 5.74) is 6.99. The van der Waals surface area contributed by atoms with Gasteiger partial charge in [-0.1, -0.05) is 42.0 Å². The van der Waals surface area contributed by atoms with Crippen LogP contribution >= 0.6 is 12.4 Å². The Morgan fingerprint density at radius 3 is 2.04 bits per heavy atom. The van der Waals surface area contributed by atoms with Crippen LogP contribution in [0.4, 0.5) is 0 Å². The molecule has 2 N–H and O–H groups in total. The third kappa shape index (κ3) is 6.12. The molecule has 6 heteroatoms. The van der Waals surface area contributed by atoms with Crippen LogP contribution in [0.25, 0.3) is 0 Å². The Labute approximate surface area is 157 Å². The summed E-state index contributed by atoms with van der Waals surface area (Å²) < 4.78 is 26.0. The van der Waals surface area contributed by atoms with Crippen molar-refractivity contribution in [2.75, 3.05) is 7.05 Å². The van der Waals surface area contributed by atoms with Crippen molar-refractivity contribution in [3.8, 4) is 0 Å². The number of sulfonamides is 1. The van der Waals surface area contributed by atoms with Crippen LogP contribution in [0.2, 0.25) is 0 Å². The third-order valence-electron chi connectivity index (χ3n) is 4.23. The van der Waals surface area contributed by atoms with Crippen molar-refractivity contribution in [1.29, 1.82) is 0 Å². The van der Waals surface area contributed by atoms with E-state index in [1.54, 1.807) is 0 Å². The van der Waals surface area contributed by atoms with Gasteiger partial charge in [-0.25, -0.2) is 13.1 Å². The summed E-state index contributed by atoms with van der Waals surface area (Å²) in [4.78, 5) is 0. The van der Waals surface area contributed by atoms with E-state index in [4.69, 9.17) is 0 Å². The molecule has 0 spiro atoms. The van der Waals surface area contributed by atoms with Gasteiger partial charge in [-0.15, -0.1) is 12.4 Å². The van der Waals surface area contributed by atoms with E-state index in [1.165, 1.54) is 29.3 Å². The van der Waals surface area contributed by atoms with Gasteiger partial charge in [0.25, 0.3) is 0 Å². The van der Waals surface area contributed by atoms with E-state index >= 15 is 0 Å². The Bertz CT molecular complexity index is 797. The maximum Gasteiger partial charge on any atom is 0.215 e. The molecule has 0 heterocycles. The molecule has 2 rings (SSSR count). The summed E-state index contributed by atoms with van der Waals surface area (Å²) in [6.45, 7) is 7.78. The molecule has 0 bridgehead atoms. The van der Waals surface area contributed by atoms with Crippen molar-refractivity contribution in [1.82, 2.24) is 10.0 Å². The van der Waals surface area contributed by atoms with Crippen LogP contribution in [-0.2, 0) is 28.9 Å². The van der Waals surface area contributed by atoms with Crippen LogP contribution < -0.4 is 10.0 Å². The first-order valence-electron chi connectivity index (χ1n) is 8.08. The molecule has 2 aromatic carbocycles. The van der Waals surface area contributed by atoms with Gasteiger partial charge < -0.3 is 5.32 Å². The minimum atomic E-state index is -3.27. The quantitative estimate of drug-likeness (QED) is 0.771. The van der Waals surface area contributed by atoms with Crippen LogP contribution in [0.1, 0.15) is 33.4 Å². The summed E-state index contributed by atoms with van der Waals surface area (Å²) in [7, 11) is -1.82. The van der Waals surface area contributed by atoms with Gasteiger partial charge in [0.05, 0.1) is 5.75 Å². The predicted octanol–water partition coefficient (Wildman–Crippen LogP) is 3.37. The van der Waals surface area contributed by atoms with Gasteiger partial charge in [0.15, 0.2) is 0 Å². The van der Waals surface area contributed by atoms with E-state index in [0.29, 0.717) is 6.54 Å². The van der Waals surface area contributed by atoms with Crippen molar-refractivity contribution in [3.05, 3.63) is 69.8 Å². The lowest BCUT2D eigenvalue weighted by atomic mass is 9.99. The fourth-order valence-corrected chi connectivity index (χ4v) is 3.79. The molecule has 2 aromatic rings. The number of nitrogens with one attached hydrogen (secondary N) is 2. The zero-order valence-electron chi connectivity index (χ0n) is 15.2. The highest BCUT2D eigenvalue weighted by molar-refractivity contribution is 7.88. The van der Waals surface area contributed by atoms with Gasteiger partial charge in [0, 0.05) is 13.1 Å². The van der Waals surface area contributed by atoms with E-state index in [1.807, 2.05) is 24.3 Å². The fourth-order valence-electron chi connectivity index (χ4n) is 2.96. The standard InChI is InChI=1S/C19H26N2O2S.ClH/c1-14-9-15(2)19(16(3)10-14)12-21-11-17-7-5-6-8-18(17)13-24(22,23)20-4;/h5-10,20-21H,11-13H2,1-4H3;1H. The van der Waals surface area contributed by atoms with E-state index in [9.17, 15) is 8.42 Å². The van der Waals surface area contributed by atoms with E-state index in [0.717, 1.165) is 17.7 Å². The maximum absolute atomic E-state index is 11.8. The largest absolute Gasteiger partial charge is 0.309 e. The smallest absolute Gasteiger partial charge is 0.215 e. The van der Waals surface area contributed by atoms with Crippen LogP contribution in [0.3, 0.4) is 0 Å². The van der Waals surface area contributed by atoms with E-state index in [-0.39, 0.29) is 18.2 Å². The lowest BCUT2D eigenvalue weighted by Gasteiger charge is -2.14. The minimum absolute atomic E-state index is 0. The molecule has 0 saturated carbocycles. The molecule has 0 aliphatic heterocycles. The monoisotopic (exact) mass is 382 g/mol. The first-order chi connectivity index (χ1) is 11.3. The molecule has 0 aliphatic carbocycles. The van der Waals surface area contributed by atoms with Gasteiger partial charge in [-0.2, -0.15) is 0 Å². The average Bonchev–Trinajstić information content (AvgIpc) is 2.51. The van der Waals surface area contributed by atoms with Gasteiger partial charge in [-0.05, 0) is 55.6 Å². The van der Waals surface area contributed by atoms with Crippen molar-refractivity contribution in [2.45, 2.75) is 39.6 Å². The molecule has 0 amide bonds. The summed E-state index contributed by atoms with van der Waals surface area (Å²) >= 11 is 0. The zero-order valence-corrected chi connectivity index (χ0v) is 16.9.